The maximum atomic E-state index is 13.8. The second-order valence-electron chi connectivity index (χ2n) is 10.2. The number of ether oxygens (including phenoxy) is 1. The molecule has 1 saturated heterocycles. The van der Waals surface area contributed by atoms with Gasteiger partial charge in [0.2, 0.25) is 21.8 Å². The number of sulfonamides is 1. The number of benzene rings is 3. The van der Waals surface area contributed by atoms with Crippen molar-refractivity contribution in [3.8, 4) is 0 Å². The molecule has 0 spiro atoms. The molecule has 218 valence electrons. The quantitative estimate of drug-likeness (QED) is 0.303. The average molecular weight is 578 g/mol. The van der Waals surface area contributed by atoms with Gasteiger partial charge in [-0.3, -0.25) is 9.59 Å². The van der Waals surface area contributed by atoms with Crippen LogP contribution in [-0.2, 0) is 43.7 Å². The first kappa shape index (κ1) is 30.4. The number of aryl methyl sites for hydroxylation is 1. The molecule has 3 aromatic carbocycles. The van der Waals surface area contributed by atoms with Gasteiger partial charge in [0, 0.05) is 39.1 Å². The van der Waals surface area contributed by atoms with Crippen LogP contribution in [0.1, 0.15) is 42.9 Å². The zero-order chi connectivity index (χ0) is 29.1. The summed E-state index contributed by atoms with van der Waals surface area (Å²) in [6, 6.07) is 25.2. The first-order valence-electron chi connectivity index (χ1n) is 14.2. The van der Waals surface area contributed by atoms with Crippen LogP contribution in [0.2, 0.25) is 0 Å². The third-order valence-corrected chi connectivity index (χ3v) is 8.75. The van der Waals surface area contributed by atoms with Crippen LogP contribution in [0.5, 0.6) is 0 Å². The zero-order valence-electron chi connectivity index (χ0n) is 23.5. The highest BCUT2D eigenvalue weighted by molar-refractivity contribution is 7.89. The number of amides is 2. The molecule has 0 aromatic heterocycles. The van der Waals surface area contributed by atoms with Crippen LogP contribution in [0.4, 0.5) is 0 Å². The van der Waals surface area contributed by atoms with Crippen LogP contribution >= 0.6 is 0 Å². The molecule has 2 amide bonds. The smallest absolute Gasteiger partial charge is 0.243 e. The number of carbonyl (C=O) groups excluding carboxylic acids is 2. The fourth-order valence-corrected chi connectivity index (χ4v) is 6.02. The van der Waals surface area contributed by atoms with Crippen LogP contribution in [0.25, 0.3) is 0 Å². The SMILES string of the molecule is CCNS(=O)(=O)c1ccc(CCC(=O)N(Cc2ccccc2)[C@H](Cc2ccccc2)C(=O)NC[C@@H]2CCCO2)cc1. The molecule has 0 aliphatic carbocycles. The number of hydrogen-bond acceptors (Lipinski definition) is 5. The summed E-state index contributed by atoms with van der Waals surface area (Å²) < 4.78 is 32.7. The van der Waals surface area contributed by atoms with Gasteiger partial charge in [0.05, 0.1) is 11.0 Å². The van der Waals surface area contributed by atoms with Crippen LogP contribution in [0, 0.1) is 0 Å². The summed E-state index contributed by atoms with van der Waals surface area (Å²) in [5, 5.41) is 3.05. The lowest BCUT2D eigenvalue weighted by Crippen LogP contribution is -2.51. The van der Waals surface area contributed by atoms with E-state index < -0.39 is 16.1 Å². The Morgan fingerprint density at radius 1 is 0.927 bits per heavy atom. The molecule has 2 atom stereocenters. The van der Waals surface area contributed by atoms with E-state index in [2.05, 4.69) is 10.0 Å². The minimum atomic E-state index is -3.55. The van der Waals surface area contributed by atoms with Crippen LogP contribution < -0.4 is 10.0 Å². The molecule has 0 unspecified atom stereocenters. The van der Waals surface area contributed by atoms with Gasteiger partial charge in [0.25, 0.3) is 0 Å². The number of nitrogens with one attached hydrogen (secondary N) is 2. The van der Waals surface area contributed by atoms with Crippen LogP contribution in [0.3, 0.4) is 0 Å². The second kappa shape index (κ2) is 14.9. The monoisotopic (exact) mass is 577 g/mol. The molecule has 41 heavy (non-hydrogen) atoms. The summed E-state index contributed by atoms with van der Waals surface area (Å²) >= 11 is 0. The van der Waals surface area contributed by atoms with Gasteiger partial charge in [-0.25, -0.2) is 13.1 Å². The van der Waals surface area contributed by atoms with Gasteiger partial charge >= 0.3 is 0 Å². The van der Waals surface area contributed by atoms with Crippen molar-refractivity contribution in [2.24, 2.45) is 0 Å². The summed E-state index contributed by atoms with van der Waals surface area (Å²) in [4.78, 5) is 29.4. The highest BCUT2D eigenvalue weighted by Crippen LogP contribution is 2.18. The predicted octanol–water partition coefficient (Wildman–Crippen LogP) is 3.85. The molecule has 1 fully saturated rings. The van der Waals surface area contributed by atoms with Gasteiger partial charge in [-0.1, -0.05) is 79.7 Å². The van der Waals surface area contributed by atoms with Gasteiger partial charge in [0.15, 0.2) is 0 Å². The highest BCUT2D eigenvalue weighted by Gasteiger charge is 2.31. The summed E-state index contributed by atoms with van der Waals surface area (Å²) in [6.45, 7) is 3.45. The van der Waals surface area contributed by atoms with Crippen molar-refractivity contribution < 1.29 is 22.7 Å². The Bertz CT molecular complexity index is 1360. The maximum absolute atomic E-state index is 13.8. The minimum Gasteiger partial charge on any atom is -0.376 e. The van der Waals surface area contributed by atoms with E-state index in [4.69, 9.17) is 4.74 Å². The van der Waals surface area contributed by atoms with Gasteiger partial charge in [-0.2, -0.15) is 0 Å². The van der Waals surface area contributed by atoms with Crippen molar-refractivity contribution in [1.29, 1.82) is 0 Å². The number of nitrogens with zero attached hydrogens (tertiary/aromatic N) is 1. The van der Waals surface area contributed by atoms with E-state index in [1.807, 2.05) is 60.7 Å². The van der Waals surface area contributed by atoms with E-state index in [1.54, 1.807) is 36.1 Å². The molecule has 0 radical (unpaired) electrons. The Morgan fingerprint density at radius 3 is 2.20 bits per heavy atom. The first-order valence-corrected chi connectivity index (χ1v) is 15.7. The topological polar surface area (TPSA) is 105 Å². The van der Waals surface area contributed by atoms with E-state index in [-0.39, 0.29) is 29.2 Å². The number of rotatable bonds is 14. The molecule has 4 rings (SSSR count). The van der Waals surface area contributed by atoms with E-state index >= 15 is 0 Å². The normalized spacial score (nSPS) is 15.8. The first-order chi connectivity index (χ1) is 19.9. The Morgan fingerprint density at radius 2 is 1.59 bits per heavy atom. The Hall–Kier alpha value is -3.53. The molecule has 1 aliphatic heterocycles. The molecule has 9 heteroatoms. The molecule has 3 aromatic rings. The fourth-order valence-electron chi connectivity index (χ4n) is 4.98. The molecule has 0 saturated carbocycles. The highest BCUT2D eigenvalue weighted by atomic mass is 32.2. The molecule has 1 aliphatic rings. The summed E-state index contributed by atoms with van der Waals surface area (Å²) in [5.74, 6) is -0.349. The van der Waals surface area contributed by atoms with Crippen molar-refractivity contribution in [3.63, 3.8) is 0 Å². The molecular formula is C32H39N3O5S. The summed E-state index contributed by atoms with van der Waals surface area (Å²) in [5.41, 5.74) is 2.74. The van der Waals surface area contributed by atoms with Crippen molar-refractivity contribution in [2.75, 3.05) is 19.7 Å². The van der Waals surface area contributed by atoms with Crippen molar-refractivity contribution in [3.05, 3.63) is 102 Å². The van der Waals surface area contributed by atoms with Crippen molar-refractivity contribution in [2.45, 2.75) is 62.6 Å². The van der Waals surface area contributed by atoms with E-state index in [0.717, 1.165) is 29.5 Å². The molecular weight excluding hydrogens is 538 g/mol. The zero-order valence-corrected chi connectivity index (χ0v) is 24.3. The number of carbonyl (C=O) groups is 2. The lowest BCUT2D eigenvalue weighted by Gasteiger charge is -2.32. The standard InChI is InChI=1S/C32H39N3O5S/c1-2-34-41(38,39)29-18-15-25(16-19-29)17-20-31(36)35(24-27-12-7-4-8-13-27)30(22-26-10-5-3-6-11-26)32(37)33-23-28-14-9-21-40-28/h3-8,10-13,15-16,18-19,28,30,34H,2,9,14,17,20-24H2,1H3,(H,33,37)/t28-,30+/m0/s1. The molecule has 1 heterocycles. The lowest BCUT2D eigenvalue weighted by atomic mass is 10.0. The largest absolute Gasteiger partial charge is 0.376 e. The predicted molar refractivity (Wildman–Crippen MR) is 159 cm³/mol. The van der Waals surface area contributed by atoms with Crippen molar-refractivity contribution >= 4 is 21.8 Å². The minimum absolute atomic E-state index is 0.00564. The summed E-state index contributed by atoms with van der Waals surface area (Å²) in [7, 11) is -3.55. The number of hydrogen-bond donors (Lipinski definition) is 2. The molecule has 2 N–H and O–H groups in total. The fraction of sp³-hybridized carbons (Fsp3) is 0.375. The maximum Gasteiger partial charge on any atom is 0.243 e. The Labute approximate surface area is 243 Å². The lowest BCUT2D eigenvalue weighted by molar-refractivity contribution is -0.141. The molecule has 8 nitrogen and oxygen atoms in total. The third kappa shape index (κ3) is 8.98. The molecule has 0 bridgehead atoms. The van der Waals surface area contributed by atoms with E-state index in [9.17, 15) is 18.0 Å². The van der Waals surface area contributed by atoms with Crippen molar-refractivity contribution in [1.82, 2.24) is 14.9 Å². The summed E-state index contributed by atoms with van der Waals surface area (Å²) in [6.07, 6.45) is 2.86. The van der Waals surface area contributed by atoms with Crippen LogP contribution in [0.15, 0.2) is 89.8 Å². The van der Waals surface area contributed by atoms with Gasteiger partial charge < -0.3 is 15.0 Å². The van der Waals surface area contributed by atoms with Gasteiger partial charge in [-0.15, -0.1) is 0 Å². The van der Waals surface area contributed by atoms with E-state index in [1.165, 1.54) is 0 Å². The third-order valence-electron chi connectivity index (χ3n) is 7.19. The second-order valence-corrected chi connectivity index (χ2v) is 12.0. The Kier molecular flexibility index (Phi) is 11.1. The van der Waals surface area contributed by atoms with E-state index in [0.29, 0.717) is 39.1 Å². The average Bonchev–Trinajstić information content (AvgIpc) is 3.51. The van der Waals surface area contributed by atoms with Gasteiger partial charge in [-0.05, 0) is 48.1 Å². The van der Waals surface area contributed by atoms with Crippen LogP contribution in [-0.4, -0.2) is 57.0 Å². The Balaban J connectivity index is 1.54. The van der Waals surface area contributed by atoms with Gasteiger partial charge in [0.1, 0.15) is 6.04 Å².